The molecule has 0 bridgehead atoms. The molecule has 1 aliphatic heterocycles. The number of ether oxygens (including phenoxy) is 2. The maximum atomic E-state index is 12.5. The van der Waals surface area contributed by atoms with Crippen molar-refractivity contribution >= 4 is 17.3 Å². The van der Waals surface area contributed by atoms with Crippen LogP contribution in [0.3, 0.4) is 0 Å². The summed E-state index contributed by atoms with van der Waals surface area (Å²) >= 11 is 0. The van der Waals surface area contributed by atoms with Gasteiger partial charge in [0.05, 0.1) is 25.6 Å². The van der Waals surface area contributed by atoms with Crippen LogP contribution in [-0.2, 0) is 11.2 Å². The van der Waals surface area contributed by atoms with Crippen LogP contribution in [-0.4, -0.2) is 33.2 Å². The number of nitrogens with zero attached hydrogens (tertiary/aromatic N) is 1. The zero-order valence-electron chi connectivity index (χ0n) is 15.5. The van der Waals surface area contributed by atoms with E-state index >= 15 is 0 Å². The molecule has 1 amide bonds. The summed E-state index contributed by atoms with van der Waals surface area (Å²) in [6.07, 6.45) is 3.39. The molecule has 1 saturated heterocycles. The summed E-state index contributed by atoms with van der Waals surface area (Å²) in [5.41, 5.74) is 2.96. The molecule has 2 aromatic carbocycles. The number of para-hydroxylation sites is 2. The van der Waals surface area contributed by atoms with E-state index in [0.717, 1.165) is 41.5 Å². The summed E-state index contributed by atoms with van der Waals surface area (Å²) in [5.74, 6) is 1.54. The van der Waals surface area contributed by atoms with Crippen molar-refractivity contribution in [3.63, 3.8) is 0 Å². The third-order valence-corrected chi connectivity index (χ3v) is 4.73. The Morgan fingerprint density at radius 2 is 1.85 bits per heavy atom. The van der Waals surface area contributed by atoms with Gasteiger partial charge in [-0.15, -0.1) is 0 Å². The van der Waals surface area contributed by atoms with Crippen LogP contribution in [0, 0.1) is 0 Å². The fourth-order valence-corrected chi connectivity index (χ4v) is 3.35. The van der Waals surface area contributed by atoms with Crippen molar-refractivity contribution in [2.45, 2.75) is 25.7 Å². The Morgan fingerprint density at radius 1 is 1.08 bits per heavy atom. The second-order valence-electron chi connectivity index (χ2n) is 6.44. The van der Waals surface area contributed by atoms with Crippen LogP contribution in [0.1, 0.15) is 24.8 Å². The molecule has 5 nitrogen and oxygen atoms in total. The molecule has 0 unspecified atom stereocenters. The highest BCUT2D eigenvalue weighted by Gasteiger charge is 2.16. The molecular formula is C21H26N2O3. The highest BCUT2D eigenvalue weighted by Crippen LogP contribution is 2.29. The minimum absolute atomic E-state index is 0.00141. The average molecular weight is 354 g/mol. The van der Waals surface area contributed by atoms with Gasteiger partial charge in [-0.05, 0) is 55.2 Å². The number of benzene rings is 2. The topological polar surface area (TPSA) is 50.8 Å². The Kier molecular flexibility index (Phi) is 6.00. The normalized spacial score (nSPS) is 13.5. The van der Waals surface area contributed by atoms with E-state index in [2.05, 4.69) is 16.3 Å². The zero-order valence-corrected chi connectivity index (χ0v) is 15.5. The number of amides is 1. The minimum atomic E-state index is 0.00141. The lowest BCUT2D eigenvalue weighted by molar-refractivity contribution is -0.116. The first-order valence-electron chi connectivity index (χ1n) is 9.06. The Hall–Kier alpha value is -2.69. The number of anilines is 2. The van der Waals surface area contributed by atoms with Gasteiger partial charge in [0.15, 0.2) is 0 Å². The summed E-state index contributed by atoms with van der Waals surface area (Å²) < 4.78 is 10.7. The molecule has 1 fully saturated rings. The molecule has 0 aromatic heterocycles. The van der Waals surface area contributed by atoms with Gasteiger partial charge < -0.3 is 19.7 Å². The summed E-state index contributed by atoms with van der Waals surface area (Å²) in [4.78, 5) is 14.8. The van der Waals surface area contributed by atoms with Gasteiger partial charge in [0.1, 0.15) is 11.5 Å². The van der Waals surface area contributed by atoms with Crippen LogP contribution in [0.25, 0.3) is 0 Å². The van der Waals surface area contributed by atoms with E-state index in [1.807, 2.05) is 36.4 Å². The monoisotopic (exact) mass is 354 g/mol. The molecule has 0 aliphatic carbocycles. The molecule has 3 rings (SSSR count). The fraction of sp³-hybridized carbons (Fsp3) is 0.381. The number of hydrogen-bond acceptors (Lipinski definition) is 4. The molecule has 26 heavy (non-hydrogen) atoms. The molecule has 5 heteroatoms. The van der Waals surface area contributed by atoms with Crippen molar-refractivity contribution in [2.24, 2.45) is 0 Å². The zero-order chi connectivity index (χ0) is 18.4. The molecule has 0 saturated carbocycles. The Balaban J connectivity index is 1.65. The highest BCUT2D eigenvalue weighted by molar-refractivity contribution is 5.94. The van der Waals surface area contributed by atoms with Crippen molar-refractivity contribution in [3.05, 3.63) is 48.0 Å². The average Bonchev–Trinajstić information content (AvgIpc) is 3.21. The summed E-state index contributed by atoms with van der Waals surface area (Å²) in [7, 11) is 3.27. The van der Waals surface area contributed by atoms with Crippen molar-refractivity contribution in [3.8, 4) is 11.5 Å². The smallest absolute Gasteiger partial charge is 0.224 e. The summed E-state index contributed by atoms with van der Waals surface area (Å²) in [6, 6.07) is 13.7. The predicted molar refractivity (Wildman–Crippen MR) is 104 cm³/mol. The molecule has 138 valence electrons. The van der Waals surface area contributed by atoms with Crippen LogP contribution in [0.15, 0.2) is 42.5 Å². The Morgan fingerprint density at radius 3 is 2.58 bits per heavy atom. The van der Waals surface area contributed by atoms with Gasteiger partial charge in [-0.3, -0.25) is 4.79 Å². The first kappa shape index (κ1) is 18.1. The van der Waals surface area contributed by atoms with Gasteiger partial charge in [0, 0.05) is 19.5 Å². The first-order valence-corrected chi connectivity index (χ1v) is 9.06. The SMILES string of the molecule is COc1ccc(OC)c(CCC(=O)Nc2ccccc2N2CCCC2)c1. The lowest BCUT2D eigenvalue weighted by atomic mass is 10.1. The lowest BCUT2D eigenvalue weighted by Gasteiger charge is -2.21. The molecule has 1 heterocycles. The van der Waals surface area contributed by atoms with Crippen LogP contribution in [0.2, 0.25) is 0 Å². The van der Waals surface area contributed by atoms with Gasteiger partial charge in [-0.25, -0.2) is 0 Å². The van der Waals surface area contributed by atoms with Crippen molar-refractivity contribution in [1.82, 2.24) is 0 Å². The number of carbonyl (C=O) groups excluding carboxylic acids is 1. The standard InChI is InChI=1S/C21H26N2O3/c1-25-17-10-11-20(26-2)16(15-17)9-12-21(24)22-18-7-3-4-8-19(18)23-13-5-6-14-23/h3-4,7-8,10-11,15H,5-6,9,12-14H2,1-2H3,(H,22,24). The van der Waals surface area contributed by atoms with Crippen molar-refractivity contribution in [1.29, 1.82) is 0 Å². The first-order chi connectivity index (χ1) is 12.7. The fourth-order valence-electron chi connectivity index (χ4n) is 3.35. The highest BCUT2D eigenvalue weighted by atomic mass is 16.5. The van der Waals surface area contributed by atoms with E-state index in [9.17, 15) is 4.79 Å². The molecule has 0 atom stereocenters. The van der Waals surface area contributed by atoms with E-state index in [1.165, 1.54) is 12.8 Å². The molecule has 1 aliphatic rings. The van der Waals surface area contributed by atoms with Gasteiger partial charge in [-0.1, -0.05) is 12.1 Å². The minimum Gasteiger partial charge on any atom is -0.497 e. The largest absolute Gasteiger partial charge is 0.497 e. The number of rotatable bonds is 7. The van der Waals surface area contributed by atoms with E-state index in [4.69, 9.17) is 9.47 Å². The Bertz CT molecular complexity index is 755. The van der Waals surface area contributed by atoms with Gasteiger partial charge in [-0.2, -0.15) is 0 Å². The number of aryl methyl sites for hydroxylation is 1. The van der Waals surface area contributed by atoms with E-state index in [-0.39, 0.29) is 5.91 Å². The van der Waals surface area contributed by atoms with Gasteiger partial charge >= 0.3 is 0 Å². The van der Waals surface area contributed by atoms with Gasteiger partial charge in [0.2, 0.25) is 5.91 Å². The quantitative estimate of drug-likeness (QED) is 0.820. The molecule has 0 spiro atoms. The lowest BCUT2D eigenvalue weighted by Crippen LogP contribution is -2.21. The predicted octanol–water partition coefficient (Wildman–Crippen LogP) is 3.88. The maximum Gasteiger partial charge on any atom is 0.224 e. The number of hydrogen-bond donors (Lipinski definition) is 1. The van der Waals surface area contributed by atoms with E-state index in [0.29, 0.717) is 12.8 Å². The Labute approximate surface area is 154 Å². The van der Waals surface area contributed by atoms with Crippen molar-refractivity contribution < 1.29 is 14.3 Å². The molecule has 0 radical (unpaired) electrons. The molecular weight excluding hydrogens is 328 g/mol. The second-order valence-corrected chi connectivity index (χ2v) is 6.44. The summed E-state index contributed by atoms with van der Waals surface area (Å²) in [6.45, 7) is 2.10. The number of methoxy groups -OCH3 is 2. The van der Waals surface area contributed by atoms with E-state index < -0.39 is 0 Å². The third kappa shape index (κ3) is 4.28. The molecule has 2 aromatic rings. The van der Waals surface area contributed by atoms with Crippen LogP contribution < -0.4 is 19.7 Å². The van der Waals surface area contributed by atoms with Crippen LogP contribution in [0.4, 0.5) is 11.4 Å². The molecule has 1 N–H and O–H groups in total. The van der Waals surface area contributed by atoms with Crippen LogP contribution in [0.5, 0.6) is 11.5 Å². The maximum absolute atomic E-state index is 12.5. The summed E-state index contributed by atoms with van der Waals surface area (Å²) in [5, 5.41) is 3.07. The van der Waals surface area contributed by atoms with Crippen LogP contribution >= 0.6 is 0 Å². The third-order valence-electron chi connectivity index (χ3n) is 4.73. The van der Waals surface area contributed by atoms with Gasteiger partial charge in [0.25, 0.3) is 0 Å². The number of carbonyl (C=O) groups is 1. The number of nitrogens with one attached hydrogen (secondary N) is 1. The second kappa shape index (κ2) is 8.61. The van der Waals surface area contributed by atoms with Crippen molar-refractivity contribution in [2.75, 3.05) is 37.5 Å². The van der Waals surface area contributed by atoms with E-state index in [1.54, 1.807) is 14.2 Å².